The Hall–Kier alpha value is -1.52. The highest BCUT2D eigenvalue weighted by Gasteiger charge is 2.03. The van der Waals surface area contributed by atoms with Crippen LogP contribution in [0.2, 0.25) is 0 Å². The van der Waals surface area contributed by atoms with Crippen LogP contribution in [-0.4, -0.2) is 22.4 Å². The molecular formula is C12H21N3O2. The Bertz CT molecular complexity index is 361. The molecule has 0 bridgehead atoms. The van der Waals surface area contributed by atoms with Crippen molar-refractivity contribution in [3.8, 4) is 0 Å². The first-order chi connectivity index (χ1) is 8.13. The van der Waals surface area contributed by atoms with Crippen molar-refractivity contribution in [1.82, 2.24) is 9.78 Å². The molecule has 96 valence electrons. The third-order valence-electron chi connectivity index (χ3n) is 2.56. The quantitative estimate of drug-likeness (QED) is 0.582. The van der Waals surface area contributed by atoms with Gasteiger partial charge in [-0.05, 0) is 26.7 Å². The molecule has 17 heavy (non-hydrogen) atoms. The Morgan fingerprint density at radius 2 is 2.24 bits per heavy atom. The van der Waals surface area contributed by atoms with Crippen molar-refractivity contribution in [1.29, 1.82) is 0 Å². The first kappa shape index (κ1) is 13.5. The second-order valence-electron chi connectivity index (χ2n) is 4.05. The SMILES string of the molecule is CCOC(=O)CCCCCn1nc(N)cc1C. The number of ether oxygens (including phenoxy) is 1. The number of nitrogen functional groups attached to an aromatic ring is 1. The number of nitrogens with zero attached hydrogens (tertiary/aromatic N) is 2. The van der Waals surface area contributed by atoms with Crippen molar-refractivity contribution in [2.45, 2.75) is 46.1 Å². The number of carbonyl (C=O) groups excluding carboxylic acids is 1. The van der Waals surface area contributed by atoms with E-state index in [0.717, 1.165) is 31.5 Å². The molecule has 0 fully saturated rings. The molecule has 0 aliphatic rings. The van der Waals surface area contributed by atoms with Crippen LogP contribution in [0.25, 0.3) is 0 Å². The van der Waals surface area contributed by atoms with Crippen LogP contribution in [0.4, 0.5) is 5.82 Å². The predicted molar refractivity (Wildman–Crippen MR) is 66.5 cm³/mol. The molecule has 5 nitrogen and oxygen atoms in total. The summed E-state index contributed by atoms with van der Waals surface area (Å²) in [7, 11) is 0. The van der Waals surface area contributed by atoms with Gasteiger partial charge in [-0.15, -0.1) is 0 Å². The van der Waals surface area contributed by atoms with Gasteiger partial charge in [-0.25, -0.2) is 0 Å². The summed E-state index contributed by atoms with van der Waals surface area (Å²) in [4.78, 5) is 11.1. The maximum atomic E-state index is 11.1. The van der Waals surface area contributed by atoms with Gasteiger partial charge in [0, 0.05) is 24.7 Å². The first-order valence-electron chi connectivity index (χ1n) is 6.09. The zero-order valence-corrected chi connectivity index (χ0v) is 10.6. The number of esters is 1. The molecule has 0 radical (unpaired) electrons. The zero-order valence-electron chi connectivity index (χ0n) is 10.6. The number of hydrogen-bond donors (Lipinski definition) is 1. The lowest BCUT2D eigenvalue weighted by molar-refractivity contribution is -0.143. The monoisotopic (exact) mass is 239 g/mol. The molecule has 2 N–H and O–H groups in total. The fraction of sp³-hybridized carbons (Fsp3) is 0.667. The Morgan fingerprint density at radius 1 is 1.47 bits per heavy atom. The van der Waals surface area contributed by atoms with E-state index in [-0.39, 0.29) is 5.97 Å². The summed E-state index contributed by atoms with van der Waals surface area (Å²) < 4.78 is 6.76. The summed E-state index contributed by atoms with van der Waals surface area (Å²) in [6, 6.07) is 1.86. The molecule has 0 saturated carbocycles. The molecule has 0 aliphatic heterocycles. The summed E-state index contributed by atoms with van der Waals surface area (Å²) in [5, 5.41) is 4.18. The molecule has 1 heterocycles. The van der Waals surface area contributed by atoms with Gasteiger partial charge in [0.1, 0.15) is 5.82 Å². The van der Waals surface area contributed by atoms with Crippen molar-refractivity contribution >= 4 is 11.8 Å². The molecule has 5 heteroatoms. The smallest absolute Gasteiger partial charge is 0.305 e. The van der Waals surface area contributed by atoms with E-state index in [9.17, 15) is 4.79 Å². The van der Waals surface area contributed by atoms with E-state index < -0.39 is 0 Å². The average molecular weight is 239 g/mol. The molecule has 0 aliphatic carbocycles. The van der Waals surface area contributed by atoms with Crippen molar-refractivity contribution in [2.24, 2.45) is 0 Å². The highest BCUT2D eigenvalue weighted by atomic mass is 16.5. The largest absolute Gasteiger partial charge is 0.466 e. The van der Waals surface area contributed by atoms with Crippen molar-refractivity contribution < 1.29 is 9.53 Å². The minimum atomic E-state index is -0.105. The lowest BCUT2D eigenvalue weighted by Crippen LogP contribution is -2.05. The maximum Gasteiger partial charge on any atom is 0.305 e. The van der Waals surface area contributed by atoms with Gasteiger partial charge < -0.3 is 10.5 Å². The fourth-order valence-electron chi connectivity index (χ4n) is 1.70. The highest BCUT2D eigenvalue weighted by molar-refractivity contribution is 5.69. The Labute approximate surface area is 102 Å². The van der Waals surface area contributed by atoms with Gasteiger partial charge in [0.2, 0.25) is 0 Å². The van der Waals surface area contributed by atoms with Crippen LogP contribution in [0, 0.1) is 6.92 Å². The minimum absolute atomic E-state index is 0.105. The number of anilines is 1. The first-order valence-corrected chi connectivity index (χ1v) is 6.09. The van der Waals surface area contributed by atoms with Gasteiger partial charge in [-0.3, -0.25) is 9.48 Å². The molecule has 1 rings (SSSR count). The highest BCUT2D eigenvalue weighted by Crippen LogP contribution is 2.08. The third kappa shape index (κ3) is 4.89. The predicted octanol–water partition coefficient (Wildman–Crippen LogP) is 1.90. The summed E-state index contributed by atoms with van der Waals surface area (Å²) in [6.07, 6.45) is 3.38. The molecule has 1 aromatic rings. The Balaban J connectivity index is 2.12. The summed E-state index contributed by atoms with van der Waals surface area (Å²) in [6.45, 7) is 5.13. The number of aromatic nitrogens is 2. The van der Waals surface area contributed by atoms with E-state index in [0.29, 0.717) is 18.8 Å². The van der Waals surface area contributed by atoms with Crippen LogP contribution in [0.15, 0.2) is 6.07 Å². The van der Waals surface area contributed by atoms with Gasteiger partial charge in [0.15, 0.2) is 0 Å². The average Bonchev–Trinajstić information content (AvgIpc) is 2.57. The zero-order chi connectivity index (χ0) is 12.7. The van der Waals surface area contributed by atoms with E-state index >= 15 is 0 Å². The molecule has 0 unspecified atom stereocenters. The second kappa shape index (κ2) is 6.93. The van der Waals surface area contributed by atoms with Crippen LogP contribution in [-0.2, 0) is 16.1 Å². The lowest BCUT2D eigenvalue weighted by atomic mass is 10.2. The van der Waals surface area contributed by atoms with Crippen LogP contribution < -0.4 is 5.73 Å². The van der Waals surface area contributed by atoms with E-state index in [2.05, 4.69) is 5.10 Å². The summed E-state index contributed by atoms with van der Waals surface area (Å²) >= 11 is 0. The molecule has 0 amide bonds. The van der Waals surface area contributed by atoms with E-state index in [1.165, 1.54) is 0 Å². The molecular weight excluding hydrogens is 218 g/mol. The summed E-state index contributed by atoms with van der Waals surface area (Å²) in [5.41, 5.74) is 6.67. The van der Waals surface area contributed by atoms with E-state index in [1.807, 2.05) is 24.6 Å². The Morgan fingerprint density at radius 3 is 2.82 bits per heavy atom. The topological polar surface area (TPSA) is 70.1 Å². The molecule has 0 atom stereocenters. The van der Waals surface area contributed by atoms with Crippen molar-refractivity contribution in [2.75, 3.05) is 12.3 Å². The third-order valence-corrected chi connectivity index (χ3v) is 2.56. The molecule has 0 spiro atoms. The molecule has 0 saturated heterocycles. The number of hydrogen-bond acceptors (Lipinski definition) is 4. The van der Waals surface area contributed by atoms with Crippen LogP contribution >= 0.6 is 0 Å². The van der Waals surface area contributed by atoms with Crippen molar-refractivity contribution in [3.05, 3.63) is 11.8 Å². The number of rotatable bonds is 7. The van der Waals surface area contributed by atoms with E-state index in [4.69, 9.17) is 10.5 Å². The fourth-order valence-corrected chi connectivity index (χ4v) is 1.70. The maximum absolute atomic E-state index is 11.1. The van der Waals surface area contributed by atoms with Crippen LogP contribution in [0.5, 0.6) is 0 Å². The van der Waals surface area contributed by atoms with Crippen LogP contribution in [0.1, 0.15) is 38.3 Å². The van der Waals surface area contributed by atoms with E-state index in [1.54, 1.807) is 0 Å². The van der Waals surface area contributed by atoms with Gasteiger partial charge in [-0.1, -0.05) is 6.42 Å². The molecule has 1 aromatic heterocycles. The van der Waals surface area contributed by atoms with Gasteiger partial charge >= 0.3 is 5.97 Å². The normalized spacial score (nSPS) is 10.5. The van der Waals surface area contributed by atoms with Crippen LogP contribution in [0.3, 0.4) is 0 Å². The minimum Gasteiger partial charge on any atom is -0.466 e. The lowest BCUT2D eigenvalue weighted by Gasteiger charge is -2.04. The second-order valence-corrected chi connectivity index (χ2v) is 4.05. The molecule has 0 aromatic carbocycles. The van der Waals surface area contributed by atoms with Gasteiger partial charge in [0.05, 0.1) is 6.61 Å². The number of nitrogens with two attached hydrogens (primary N) is 1. The standard InChI is InChI=1S/C12H21N3O2/c1-3-17-12(16)7-5-4-6-8-15-10(2)9-11(13)14-15/h9H,3-8H2,1-2H3,(H2,13,14). The van der Waals surface area contributed by atoms with Gasteiger partial charge in [0.25, 0.3) is 0 Å². The number of unbranched alkanes of at least 4 members (excludes halogenated alkanes) is 2. The Kier molecular flexibility index (Phi) is 5.52. The van der Waals surface area contributed by atoms with Gasteiger partial charge in [-0.2, -0.15) is 5.10 Å². The summed E-state index contributed by atoms with van der Waals surface area (Å²) in [5.74, 6) is 0.459. The van der Waals surface area contributed by atoms with Crippen molar-refractivity contribution in [3.63, 3.8) is 0 Å². The number of aryl methyl sites for hydroxylation is 2. The number of carbonyl (C=O) groups is 1.